The zero-order chi connectivity index (χ0) is 13.8. The van der Waals surface area contributed by atoms with Crippen LogP contribution in [-0.4, -0.2) is 36.1 Å². The number of aromatic nitrogens is 1. The third-order valence-corrected chi connectivity index (χ3v) is 3.60. The monoisotopic (exact) mass is 273 g/mol. The van der Waals surface area contributed by atoms with Crippen LogP contribution in [-0.2, 0) is 0 Å². The Morgan fingerprint density at radius 1 is 1.26 bits per heavy atom. The smallest absolute Gasteiger partial charge is 0.251 e. The lowest BCUT2D eigenvalue weighted by molar-refractivity contribution is 0.198. The number of piperidine rings is 1. The summed E-state index contributed by atoms with van der Waals surface area (Å²) in [5.41, 5.74) is 0. The van der Waals surface area contributed by atoms with Crippen LogP contribution in [0.15, 0.2) is 6.07 Å². The number of likely N-dealkylation sites (tertiary alicyclic amines) is 1. The molecule has 2 heterocycles. The molecule has 0 unspecified atom stereocenters. The molecule has 0 bridgehead atoms. The van der Waals surface area contributed by atoms with Crippen molar-refractivity contribution in [1.82, 2.24) is 9.88 Å². The number of hydrogen-bond acceptors (Lipinski definition) is 3. The molecule has 6 heteroatoms. The maximum Gasteiger partial charge on any atom is 0.251 e. The highest BCUT2D eigenvalue weighted by molar-refractivity contribution is 5.36. The summed E-state index contributed by atoms with van der Waals surface area (Å²) in [5.74, 6) is -3.19. The minimum Gasteiger partial charge on any atom is -0.367 e. The van der Waals surface area contributed by atoms with Gasteiger partial charge in [-0.05, 0) is 38.4 Å². The summed E-state index contributed by atoms with van der Waals surface area (Å²) in [7, 11) is 0. The number of hydrogen-bond donors (Lipinski definition) is 1. The van der Waals surface area contributed by atoms with Gasteiger partial charge in [0, 0.05) is 12.6 Å². The van der Waals surface area contributed by atoms with Crippen LogP contribution in [0.3, 0.4) is 0 Å². The Bertz CT molecular complexity index is 431. The molecule has 1 aromatic heterocycles. The molecule has 0 amide bonds. The Labute approximate surface area is 110 Å². The van der Waals surface area contributed by atoms with Crippen molar-refractivity contribution in [1.29, 1.82) is 0 Å². The summed E-state index contributed by atoms with van der Waals surface area (Å²) in [6.07, 6.45) is 2.04. The maximum atomic E-state index is 13.4. The van der Waals surface area contributed by atoms with Crippen LogP contribution in [0.4, 0.5) is 19.0 Å². The van der Waals surface area contributed by atoms with E-state index in [4.69, 9.17) is 0 Å². The SMILES string of the molecule is CCN1CCC(CNc2nc(F)c(F)cc2F)CC1. The van der Waals surface area contributed by atoms with Crippen molar-refractivity contribution in [2.24, 2.45) is 5.92 Å². The Balaban J connectivity index is 1.88. The van der Waals surface area contributed by atoms with Gasteiger partial charge in [0.05, 0.1) is 0 Å². The number of anilines is 1. The van der Waals surface area contributed by atoms with Crippen LogP contribution in [0.2, 0.25) is 0 Å². The minimum atomic E-state index is -1.27. The van der Waals surface area contributed by atoms with Gasteiger partial charge in [0.25, 0.3) is 5.95 Å². The number of nitrogens with one attached hydrogen (secondary N) is 1. The first-order valence-corrected chi connectivity index (χ1v) is 6.58. The van der Waals surface area contributed by atoms with Crippen molar-refractivity contribution in [2.45, 2.75) is 19.8 Å². The zero-order valence-corrected chi connectivity index (χ0v) is 10.9. The number of pyridine rings is 1. The molecular weight excluding hydrogens is 255 g/mol. The normalized spacial score (nSPS) is 17.7. The van der Waals surface area contributed by atoms with Gasteiger partial charge in [0.1, 0.15) is 0 Å². The first-order chi connectivity index (χ1) is 9.10. The number of rotatable bonds is 4. The van der Waals surface area contributed by atoms with Crippen LogP contribution in [0.1, 0.15) is 19.8 Å². The minimum absolute atomic E-state index is 0.211. The van der Waals surface area contributed by atoms with Crippen LogP contribution < -0.4 is 5.32 Å². The van der Waals surface area contributed by atoms with E-state index in [1.807, 2.05) is 0 Å². The largest absolute Gasteiger partial charge is 0.367 e. The summed E-state index contributed by atoms with van der Waals surface area (Å²) in [6, 6.07) is 0.518. The van der Waals surface area contributed by atoms with Crippen LogP contribution in [0.25, 0.3) is 0 Å². The van der Waals surface area contributed by atoms with Crippen molar-refractivity contribution in [2.75, 3.05) is 31.5 Å². The first kappa shape index (κ1) is 14.1. The average molecular weight is 273 g/mol. The molecule has 106 valence electrons. The average Bonchev–Trinajstić information content (AvgIpc) is 2.42. The highest BCUT2D eigenvalue weighted by Gasteiger charge is 2.19. The molecule has 0 aliphatic carbocycles. The summed E-state index contributed by atoms with van der Waals surface area (Å²) in [6.45, 7) is 5.75. The fourth-order valence-corrected chi connectivity index (χ4v) is 2.32. The first-order valence-electron chi connectivity index (χ1n) is 6.58. The van der Waals surface area contributed by atoms with E-state index in [1.54, 1.807) is 0 Å². The third-order valence-electron chi connectivity index (χ3n) is 3.60. The summed E-state index contributed by atoms with van der Waals surface area (Å²) >= 11 is 0. The second kappa shape index (κ2) is 6.23. The lowest BCUT2D eigenvalue weighted by atomic mass is 9.97. The van der Waals surface area contributed by atoms with Gasteiger partial charge in [-0.15, -0.1) is 0 Å². The number of nitrogens with zero attached hydrogens (tertiary/aromatic N) is 2. The van der Waals surface area contributed by atoms with Crippen molar-refractivity contribution < 1.29 is 13.2 Å². The fraction of sp³-hybridized carbons (Fsp3) is 0.615. The van der Waals surface area contributed by atoms with E-state index in [-0.39, 0.29) is 5.82 Å². The molecule has 0 atom stereocenters. The molecule has 1 fully saturated rings. The molecule has 1 aliphatic rings. The van der Waals surface area contributed by atoms with E-state index in [0.717, 1.165) is 32.5 Å². The summed E-state index contributed by atoms with van der Waals surface area (Å²) in [4.78, 5) is 5.60. The molecule has 1 N–H and O–H groups in total. The van der Waals surface area contributed by atoms with Gasteiger partial charge in [0.15, 0.2) is 17.5 Å². The van der Waals surface area contributed by atoms with E-state index in [2.05, 4.69) is 22.1 Å². The van der Waals surface area contributed by atoms with Crippen molar-refractivity contribution >= 4 is 5.82 Å². The topological polar surface area (TPSA) is 28.2 Å². The van der Waals surface area contributed by atoms with Crippen LogP contribution in [0.5, 0.6) is 0 Å². The predicted octanol–water partition coefficient (Wildman–Crippen LogP) is 2.64. The molecule has 1 aromatic rings. The maximum absolute atomic E-state index is 13.4. The van der Waals surface area contributed by atoms with Gasteiger partial charge in [-0.2, -0.15) is 9.37 Å². The van der Waals surface area contributed by atoms with E-state index in [1.165, 1.54) is 0 Å². The van der Waals surface area contributed by atoms with E-state index >= 15 is 0 Å². The Hall–Kier alpha value is -1.30. The fourth-order valence-electron chi connectivity index (χ4n) is 2.32. The van der Waals surface area contributed by atoms with Gasteiger partial charge < -0.3 is 10.2 Å². The standard InChI is InChI=1S/C13H18F3N3/c1-2-19-5-3-9(4-6-19)8-17-13-11(15)7-10(14)12(16)18-13/h7,9H,2-6,8H2,1H3,(H,17,18). The van der Waals surface area contributed by atoms with Gasteiger partial charge in [-0.1, -0.05) is 6.92 Å². The highest BCUT2D eigenvalue weighted by Crippen LogP contribution is 2.19. The highest BCUT2D eigenvalue weighted by atomic mass is 19.2. The molecule has 0 radical (unpaired) electrons. The molecule has 3 nitrogen and oxygen atoms in total. The predicted molar refractivity (Wildman–Crippen MR) is 67.4 cm³/mol. The Kier molecular flexibility index (Phi) is 4.63. The molecule has 0 aromatic carbocycles. The molecule has 1 aliphatic heterocycles. The van der Waals surface area contributed by atoms with E-state index in [0.29, 0.717) is 18.5 Å². The molecular formula is C13H18F3N3. The quantitative estimate of drug-likeness (QED) is 0.855. The Morgan fingerprint density at radius 2 is 1.95 bits per heavy atom. The summed E-state index contributed by atoms with van der Waals surface area (Å²) in [5, 5.41) is 2.77. The van der Waals surface area contributed by atoms with Crippen molar-refractivity contribution in [3.05, 3.63) is 23.6 Å². The zero-order valence-electron chi connectivity index (χ0n) is 10.9. The molecule has 1 saturated heterocycles. The third kappa shape index (κ3) is 3.59. The van der Waals surface area contributed by atoms with Gasteiger partial charge >= 0.3 is 0 Å². The lowest BCUT2D eigenvalue weighted by Gasteiger charge is -2.31. The van der Waals surface area contributed by atoms with Crippen LogP contribution in [0, 0.1) is 23.5 Å². The molecule has 2 rings (SSSR count). The van der Waals surface area contributed by atoms with Gasteiger partial charge in [-0.25, -0.2) is 8.78 Å². The van der Waals surface area contributed by atoms with Crippen molar-refractivity contribution in [3.63, 3.8) is 0 Å². The van der Waals surface area contributed by atoms with E-state index < -0.39 is 17.6 Å². The molecule has 0 saturated carbocycles. The van der Waals surface area contributed by atoms with Crippen LogP contribution >= 0.6 is 0 Å². The number of halogens is 3. The second-order valence-electron chi connectivity index (χ2n) is 4.85. The Morgan fingerprint density at radius 3 is 2.58 bits per heavy atom. The van der Waals surface area contributed by atoms with E-state index in [9.17, 15) is 13.2 Å². The molecule has 0 spiro atoms. The molecule has 19 heavy (non-hydrogen) atoms. The van der Waals surface area contributed by atoms with Gasteiger partial charge in [0.2, 0.25) is 0 Å². The van der Waals surface area contributed by atoms with Crippen molar-refractivity contribution in [3.8, 4) is 0 Å². The van der Waals surface area contributed by atoms with Gasteiger partial charge in [-0.3, -0.25) is 0 Å². The second-order valence-corrected chi connectivity index (χ2v) is 4.85. The summed E-state index contributed by atoms with van der Waals surface area (Å²) < 4.78 is 39.0. The lowest BCUT2D eigenvalue weighted by Crippen LogP contribution is -2.35.